The van der Waals surface area contributed by atoms with Gasteiger partial charge in [0.15, 0.2) is 11.6 Å². The van der Waals surface area contributed by atoms with E-state index in [1.54, 1.807) is 26.1 Å². The van der Waals surface area contributed by atoms with Gasteiger partial charge in [0.1, 0.15) is 23.0 Å². The monoisotopic (exact) mass is 872 g/mol. The molecule has 2 aromatic carbocycles. The topological polar surface area (TPSA) is 166 Å². The standard InChI is InChI=1S/C39H54FN6O8PSSi2/c1-11-49-36-24-43-37-29(18-25(2)19-32(37)45-36)38-46-31-20-30(40)33(21-34(31)56-38)53-26(3)27(4)54-39(47)44-28-22-41-35(42-23-28)12-13-50-55(48,51-14-16-57(5,6)7)52-15-17-58(8,9)10/h18-24,26-27H,11-17H2,1-10H3,(H,44,47)/t26-,27+/m0/s1. The SMILES string of the molecule is CCOc1cnc2c(-c3nc4cc(F)c(O[C@@H](C)[C@@H](C)OC(=O)Nc5cnc(CCOP(=O)(OCC[Si](C)(C)C)OCC[Si](C)(C)C)nc5)cc4s3)cc(C)cc2n1. The first-order chi connectivity index (χ1) is 27.3. The van der Waals surface area contributed by atoms with E-state index < -0.39 is 48.1 Å². The first kappa shape index (κ1) is 45.2. The number of halogens is 1. The number of phosphoric acid groups is 1. The largest absolute Gasteiger partial charge is 0.484 e. The zero-order valence-electron chi connectivity index (χ0n) is 34.9. The number of nitrogens with zero attached hydrogens (tertiary/aromatic N) is 5. The third-order valence-electron chi connectivity index (χ3n) is 8.73. The number of carbonyl (C=O) groups is 1. The molecule has 314 valence electrons. The van der Waals surface area contributed by atoms with Gasteiger partial charge < -0.3 is 14.2 Å². The summed E-state index contributed by atoms with van der Waals surface area (Å²) < 4.78 is 63.5. The summed E-state index contributed by atoms with van der Waals surface area (Å²) in [6, 6.07) is 8.48. The minimum absolute atomic E-state index is 0.00175. The number of nitrogens with one attached hydrogen (secondary N) is 1. The van der Waals surface area contributed by atoms with Crippen LogP contribution < -0.4 is 14.8 Å². The van der Waals surface area contributed by atoms with Gasteiger partial charge in [-0.1, -0.05) is 39.3 Å². The van der Waals surface area contributed by atoms with E-state index in [0.29, 0.717) is 63.5 Å². The van der Waals surface area contributed by atoms with Gasteiger partial charge in [0.2, 0.25) is 5.88 Å². The number of benzene rings is 2. The highest BCUT2D eigenvalue weighted by Crippen LogP contribution is 2.50. The van der Waals surface area contributed by atoms with Crippen LogP contribution in [0.15, 0.2) is 42.9 Å². The number of phosphoric ester groups is 1. The average molecular weight is 873 g/mol. The molecular formula is C39H54FN6O8PSSi2. The van der Waals surface area contributed by atoms with E-state index in [1.807, 2.05) is 26.0 Å². The Bertz CT molecular complexity index is 2210. The Balaban J connectivity index is 1.14. The first-order valence-corrected chi connectivity index (χ1v) is 29.0. The van der Waals surface area contributed by atoms with Crippen LogP contribution in [0.2, 0.25) is 51.4 Å². The third kappa shape index (κ3) is 13.3. The highest BCUT2D eigenvalue weighted by molar-refractivity contribution is 7.48. The molecule has 58 heavy (non-hydrogen) atoms. The van der Waals surface area contributed by atoms with Crippen molar-refractivity contribution >= 4 is 68.3 Å². The van der Waals surface area contributed by atoms with Crippen LogP contribution in [0.25, 0.3) is 31.8 Å². The summed E-state index contributed by atoms with van der Waals surface area (Å²) in [5.41, 5.74) is 3.86. The zero-order chi connectivity index (χ0) is 42.3. The van der Waals surface area contributed by atoms with Crippen LogP contribution in [0.4, 0.5) is 14.9 Å². The predicted octanol–water partition coefficient (Wildman–Crippen LogP) is 10.3. The molecule has 0 radical (unpaired) electrons. The molecule has 0 saturated carbocycles. The van der Waals surface area contributed by atoms with Gasteiger partial charge in [-0.2, -0.15) is 0 Å². The minimum atomic E-state index is -3.76. The number of carbonyl (C=O) groups excluding carboxylic acids is 1. The molecule has 0 saturated heterocycles. The molecule has 0 aliphatic rings. The van der Waals surface area contributed by atoms with Crippen LogP contribution in [-0.4, -0.2) is 85.8 Å². The Labute approximate surface area is 345 Å². The molecule has 0 aliphatic heterocycles. The van der Waals surface area contributed by atoms with Crippen molar-refractivity contribution in [3.05, 3.63) is 60.1 Å². The molecule has 19 heteroatoms. The maximum Gasteiger partial charge on any atom is 0.474 e. The second kappa shape index (κ2) is 19.4. The fraction of sp³-hybridized carbons (Fsp3) is 0.487. The molecule has 0 aliphatic carbocycles. The van der Waals surface area contributed by atoms with E-state index in [-0.39, 0.29) is 18.8 Å². The number of hydrogen-bond acceptors (Lipinski definition) is 14. The Morgan fingerprint density at radius 2 is 1.52 bits per heavy atom. The van der Waals surface area contributed by atoms with Crippen LogP contribution in [0, 0.1) is 12.7 Å². The van der Waals surface area contributed by atoms with Gasteiger partial charge in [0, 0.05) is 40.3 Å². The summed E-state index contributed by atoms with van der Waals surface area (Å²) in [6.45, 7) is 21.6. The number of amides is 1. The molecule has 3 heterocycles. The molecule has 0 fully saturated rings. The van der Waals surface area contributed by atoms with Crippen molar-refractivity contribution < 1.29 is 41.5 Å². The number of rotatable bonds is 20. The van der Waals surface area contributed by atoms with E-state index in [4.69, 9.17) is 32.8 Å². The maximum absolute atomic E-state index is 15.3. The van der Waals surface area contributed by atoms with Crippen LogP contribution in [0.1, 0.15) is 32.2 Å². The molecule has 1 amide bonds. The summed E-state index contributed by atoms with van der Waals surface area (Å²) in [6.07, 6.45) is 2.45. The van der Waals surface area contributed by atoms with E-state index in [2.05, 4.69) is 64.5 Å². The summed E-state index contributed by atoms with van der Waals surface area (Å²) >= 11 is 1.38. The molecule has 3 aromatic heterocycles. The van der Waals surface area contributed by atoms with Gasteiger partial charge in [0.05, 0.1) is 72.0 Å². The Morgan fingerprint density at radius 3 is 2.16 bits per heavy atom. The molecule has 0 unspecified atom stereocenters. The Morgan fingerprint density at radius 1 is 0.862 bits per heavy atom. The van der Waals surface area contributed by atoms with Gasteiger partial charge in [-0.25, -0.2) is 38.7 Å². The molecular weight excluding hydrogens is 819 g/mol. The summed E-state index contributed by atoms with van der Waals surface area (Å²) in [5, 5.41) is 3.26. The second-order valence-corrected chi connectivity index (χ2v) is 30.3. The van der Waals surface area contributed by atoms with Crippen molar-refractivity contribution in [3.8, 4) is 22.2 Å². The van der Waals surface area contributed by atoms with Crippen LogP contribution in [-0.2, 0) is 29.3 Å². The van der Waals surface area contributed by atoms with Crippen molar-refractivity contribution in [1.29, 1.82) is 0 Å². The minimum Gasteiger partial charge on any atom is -0.484 e. The normalized spacial score (nSPS) is 13.4. The van der Waals surface area contributed by atoms with E-state index >= 15 is 4.39 Å². The van der Waals surface area contributed by atoms with Crippen LogP contribution >= 0.6 is 19.2 Å². The number of fused-ring (bicyclic) bond motifs is 2. The third-order valence-corrected chi connectivity index (χ3v) is 14.7. The van der Waals surface area contributed by atoms with E-state index in [1.165, 1.54) is 29.8 Å². The number of hydrogen-bond donors (Lipinski definition) is 1. The lowest BCUT2D eigenvalue weighted by molar-refractivity contribution is 0.0402. The molecule has 14 nitrogen and oxygen atoms in total. The van der Waals surface area contributed by atoms with Crippen molar-refractivity contribution in [3.63, 3.8) is 0 Å². The molecule has 5 aromatic rings. The fourth-order valence-electron chi connectivity index (χ4n) is 5.31. The van der Waals surface area contributed by atoms with Crippen molar-refractivity contribution in [1.82, 2.24) is 24.9 Å². The van der Waals surface area contributed by atoms with Crippen LogP contribution in [0.5, 0.6) is 11.6 Å². The summed E-state index contributed by atoms with van der Waals surface area (Å²) in [7, 11) is -6.60. The molecule has 0 bridgehead atoms. The van der Waals surface area contributed by atoms with E-state index in [0.717, 1.165) is 23.2 Å². The smallest absolute Gasteiger partial charge is 0.474 e. The number of aryl methyl sites for hydroxylation is 1. The highest BCUT2D eigenvalue weighted by Gasteiger charge is 2.29. The number of ether oxygens (including phenoxy) is 3. The zero-order valence-corrected chi connectivity index (χ0v) is 38.6. The van der Waals surface area contributed by atoms with Crippen molar-refractivity contribution in [2.75, 3.05) is 31.7 Å². The summed E-state index contributed by atoms with van der Waals surface area (Å²) in [4.78, 5) is 35.2. The molecule has 1 N–H and O–H groups in total. The van der Waals surface area contributed by atoms with Gasteiger partial charge in [0.25, 0.3) is 0 Å². The fourth-order valence-corrected chi connectivity index (χ4v) is 9.24. The number of thiazole rings is 1. The van der Waals surface area contributed by atoms with Gasteiger partial charge >= 0.3 is 13.9 Å². The Kier molecular flexibility index (Phi) is 15.1. The van der Waals surface area contributed by atoms with Gasteiger partial charge in [-0.3, -0.25) is 18.9 Å². The van der Waals surface area contributed by atoms with Crippen molar-refractivity contribution in [2.45, 2.75) is 97.7 Å². The average Bonchev–Trinajstić information content (AvgIpc) is 3.53. The van der Waals surface area contributed by atoms with Gasteiger partial charge in [-0.05, 0) is 57.5 Å². The lowest BCUT2D eigenvalue weighted by atomic mass is 10.1. The number of aromatic nitrogens is 5. The quantitative estimate of drug-likeness (QED) is 0.0580. The molecule has 2 atom stereocenters. The first-order valence-electron chi connectivity index (χ1n) is 19.3. The lowest BCUT2D eigenvalue weighted by Crippen LogP contribution is -2.32. The van der Waals surface area contributed by atoms with E-state index in [9.17, 15) is 9.36 Å². The predicted molar refractivity (Wildman–Crippen MR) is 231 cm³/mol. The Hall–Kier alpha value is -3.91. The van der Waals surface area contributed by atoms with Crippen molar-refractivity contribution in [2.24, 2.45) is 0 Å². The van der Waals surface area contributed by atoms with Crippen LogP contribution in [0.3, 0.4) is 0 Å². The molecule has 5 rings (SSSR count). The maximum atomic E-state index is 15.3. The lowest BCUT2D eigenvalue weighted by Gasteiger charge is -2.22. The summed E-state index contributed by atoms with van der Waals surface area (Å²) in [5.74, 6) is 0.252. The highest BCUT2D eigenvalue weighted by atomic mass is 32.1. The molecule has 0 spiro atoms. The van der Waals surface area contributed by atoms with Gasteiger partial charge in [-0.15, -0.1) is 11.3 Å². The number of anilines is 1. The second-order valence-electron chi connectivity index (χ2n) is 16.4.